The monoisotopic (exact) mass is 301 g/mol. The van der Waals surface area contributed by atoms with Crippen LogP contribution in [0.4, 0.5) is 0 Å². The van der Waals surface area contributed by atoms with Crippen molar-refractivity contribution in [3.05, 3.63) is 45.9 Å². The average molecular weight is 303 g/mol. The van der Waals surface area contributed by atoms with Crippen LogP contribution in [0.5, 0.6) is 0 Å². The van der Waals surface area contributed by atoms with Gasteiger partial charge in [0.05, 0.1) is 6.04 Å². The van der Waals surface area contributed by atoms with E-state index < -0.39 is 6.04 Å². The fourth-order valence-corrected chi connectivity index (χ4v) is 2.04. The van der Waals surface area contributed by atoms with Gasteiger partial charge in [-0.2, -0.15) is 0 Å². The van der Waals surface area contributed by atoms with Crippen LogP contribution in [0.25, 0.3) is 0 Å². The average Bonchev–Trinajstić information content (AvgIpc) is 2.22. The molecule has 1 aromatic carbocycles. The van der Waals surface area contributed by atoms with E-state index in [0.717, 1.165) is 10.0 Å². The van der Waals surface area contributed by atoms with Crippen molar-refractivity contribution in [1.29, 1.82) is 0 Å². The normalized spacial score (nSPS) is 12.2. The number of Topliss-reactive ketones (excluding diaryl/α,β-unsaturated/α-hetero) is 1. The predicted molar refractivity (Wildman–Crippen MR) is 70.7 cm³/mol. The van der Waals surface area contributed by atoms with Gasteiger partial charge in [-0.15, -0.1) is 6.58 Å². The lowest BCUT2D eigenvalue weighted by Gasteiger charge is -2.09. The van der Waals surface area contributed by atoms with Gasteiger partial charge < -0.3 is 5.73 Å². The summed E-state index contributed by atoms with van der Waals surface area (Å²) in [4.78, 5) is 11.7. The molecule has 2 nitrogen and oxygen atoms in total. The van der Waals surface area contributed by atoms with E-state index in [1.54, 1.807) is 12.1 Å². The molecule has 0 saturated carbocycles. The number of carbonyl (C=O) groups is 1. The van der Waals surface area contributed by atoms with Gasteiger partial charge in [-0.25, -0.2) is 0 Å². The Balaban J connectivity index is 2.73. The number of hydrogen-bond acceptors (Lipinski definition) is 2. The zero-order valence-electron chi connectivity index (χ0n) is 8.75. The van der Waals surface area contributed by atoms with E-state index in [-0.39, 0.29) is 12.2 Å². The van der Waals surface area contributed by atoms with Crippen LogP contribution < -0.4 is 5.73 Å². The maximum Gasteiger partial charge on any atom is 0.154 e. The van der Waals surface area contributed by atoms with Crippen molar-refractivity contribution in [2.24, 2.45) is 5.73 Å². The minimum Gasteiger partial charge on any atom is -0.321 e. The van der Waals surface area contributed by atoms with Crippen molar-refractivity contribution in [2.45, 2.75) is 18.9 Å². The van der Waals surface area contributed by atoms with Gasteiger partial charge in [-0.3, -0.25) is 4.79 Å². The molecule has 1 unspecified atom stereocenters. The fraction of sp³-hybridized carbons (Fsp3) is 0.250. The minimum absolute atomic E-state index is 0.0240. The molecular formula is C12H13BrClNO. The molecule has 0 radical (unpaired) electrons. The summed E-state index contributed by atoms with van der Waals surface area (Å²) in [5.41, 5.74) is 6.48. The summed E-state index contributed by atoms with van der Waals surface area (Å²) in [6, 6.07) is 4.96. The molecule has 0 aliphatic heterocycles. The Morgan fingerprint density at radius 1 is 1.62 bits per heavy atom. The fourth-order valence-electron chi connectivity index (χ4n) is 1.29. The van der Waals surface area contributed by atoms with Gasteiger partial charge in [-0.05, 0) is 24.1 Å². The Morgan fingerprint density at radius 2 is 2.31 bits per heavy atom. The SMILES string of the molecule is C=CCC(N)C(=O)Cc1ccc(Br)cc1Cl. The first-order chi connectivity index (χ1) is 7.54. The second kappa shape index (κ2) is 6.18. The van der Waals surface area contributed by atoms with Gasteiger partial charge in [0.25, 0.3) is 0 Å². The zero-order chi connectivity index (χ0) is 12.1. The standard InChI is InChI=1S/C12H13BrClNO/c1-2-3-11(15)12(16)6-8-4-5-9(13)7-10(8)14/h2,4-5,7,11H,1,3,6,15H2. The summed E-state index contributed by atoms with van der Waals surface area (Å²) < 4.78 is 0.893. The van der Waals surface area contributed by atoms with Crippen LogP contribution in [0.3, 0.4) is 0 Å². The Labute approximate surface area is 109 Å². The first kappa shape index (κ1) is 13.4. The molecule has 0 fully saturated rings. The summed E-state index contributed by atoms with van der Waals surface area (Å²) in [6.07, 6.45) is 2.40. The molecule has 0 aliphatic carbocycles. The van der Waals surface area contributed by atoms with Gasteiger partial charge in [-0.1, -0.05) is 39.7 Å². The third-order valence-electron chi connectivity index (χ3n) is 2.21. The topological polar surface area (TPSA) is 43.1 Å². The third-order valence-corrected chi connectivity index (χ3v) is 3.06. The highest BCUT2D eigenvalue weighted by molar-refractivity contribution is 9.10. The maximum atomic E-state index is 11.7. The molecule has 0 saturated heterocycles. The quantitative estimate of drug-likeness (QED) is 0.849. The second-order valence-electron chi connectivity index (χ2n) is 3.51. The van der Waals surface area contributed by atoms with Crippen LogP contribution >= 0.6 is 27.5 Å². The summed E-state index contributed by atoms with van der Waals surface area (Å²) in [5, 5.41) is 0.577. The number of halogens is 2. The molecule has 2 N–H and O–H groups in total. The molecule has 0 bridgehead atoms. The number of rotatable bonds is 5. The first-order valence-corrected chi connectivity index (χ1v) is 6.04. The molecule has 16 heavy (non-hydrogen) atoms. The van der Waals surface area contributed by atoms with Crippen molar-refractivity contribution < 1.29 is 4.79 Å². The van der Waals surface area contributed by atoms with Crippen LogP contribution in [-0.2, 0) is 11.2 Å². The number of nitrogens with two attached hydrogens (primary N) is 1. The van der Waals surface area contributed by atoms with Crippen LogP contribution in [0.15, 0.2) is 35.3 Å². The minimum atomic E-state index is -0.489. The van der Waals surface area contributed by atoms with E-state index in [9.17, 15) is 4.79 Å². The molecule has 0 amide bonds. The number of ketones is 1. The predicted octanol–water partition coefficient (Wildman–Crippen LogP) is 3.12. The Bertz CT molecular complexity index is 406. The molecule has 0 heterocycles. The van der Waals surface area contributed by atoms with Crippen LogP contribution in [0, 0.1) is 0 Å². The van der Waals surface area contributed by atoms with E-state index in [1.165, 1.54) is 0 Å². The highest BCUT2D eigenvalue weighted by Crippen LogP contribution is 2.22. The van der Waals surface area contributed by atoms with Gasteiger partial charge in [0.2, 0.25) is 0 Å². The van der Waals surface area contributed by atoms with Gasteiger partial charge in [0, 0.05) is 15.9 Å². The summed E-state index contributed by atoms with van der Waals surface area (Å²) >= 11 is 9.32. The Kier molecular flexibility index (Phi) is 5.19. The molecule has 0 spiro atoms. The Morgan fingerprint density at radius 3 is 2.88 bits per heavy atom. The van der Waals surface area contributed by atoms with E-state index >= 15 is 0 Å². The molecule has 1 aromatic rings. The summed E-state index contributed by atoms with van der Waals surface area (Å²) in [6.45, 7) is 3.55. The van der Waals surface area contributed by atoms with Gasteiger partial charge >= 0.3 is 0 Å². The largest absolute Gasteiger partial charge is 0.321 e. The van der Waals surface area contributed by atoms with Crippen LogP contribution in [0.2, 0.25) is 5.02 Å². The number of hydrogen-bond donors (Lipinski definition) is 1. The molecule has 4 heteroatoms. The highest BCUT2D eigenvalue weighted by Gasteiger charge is 2.14. The molecule has 1 rings (SSSR count). The third kappa shape index (κ3) is 3.74. The van der Waals surface area contributed by atoms with Gasteiger partial charge in [0.15, 0.2) is 5.78 Å². The van der Waals surface area contributed by atoms with Crippen molar-refractivity contribution in [3.8, 4) is 0 Å². The lowest BCUT2D eigenvalue weighted by atomic mass is 10.0. The Hall–Kier alpha value is -0.640. The smallest absolute Gasteiger partial charge is 0.154 e. The second-order valence-corrected chi connectivity index (χ2v) is 4.83. The van der Waals surface area contributed by atoms with Crippen molar-refractivity contribution in [2.75, 3.05) is 0 Å². The van der Waals surface area contributed by atoms with Crippen LogP contribution in [-0.4, -0.2) is 11.8 Å². The van der Waals surface area contributed by atoms with Crippen LogP contribution in [0.1, 0.15) is 12.0 Å². The van der Waals surface area contributed by atoms with E-state index in [2.05, 4.69) is 22.5 Å². The van der Waals surface area contributed by atoms with E-state index in [4.69, 9.17) is 17.3 Å². The van der Waals surface area contributed by atoms with Crippen molar-refractivity contribution in [3.63, 3.8) is 0 Å². The molecule has 0 aliphatic rings. The highest BCUT2D eigenvalue weighted by atomic mass is 79.9. The zero-order valence-corrected chi connectivity index (χ0v) is 11.1. The maximum absolute atomic E-state index is 11.7. The summed E-state index contributed by atoms with van der Waals surface area (Å²) in [7, 11) is 0. The number of benzene rings is 1. The summed E-state index contributed by atoms with van der Waals surface area (Å²) in [5.74, 6) is -0.0240. The molecule has 0 aromatic heterocycles. The van der Waals surface area contributed by atoms with Crippen molar-refractivity contribution in [1.82, 2.24) is 0 Å². The lowest BCUT2D eigenvalue weighted by Crippen LogP contribution is -2.31. The molecule has 86 valence electrons. The molecular weight excluding hydrogens is 289 g/mol. The van der Waals surface area contributed by atoms with E-state index in [1.807, 2.05) is 12.1 Å². The number of carbonyl (C=O) groups excluding carboxylic acids is 1. The molecule has 1 atom stereocenters. The van der Waals surface area contributed by atoms with E-state index in [0.29, 0.717) is 11.4 Å². The lowest BCUT2D eigenvalue weighted by molar-refractivity contribution is -0.119. The van der Waals surface area contributed by atoms with Gasteiger partial charge in [0.1, 0.15) is 0 Å². The van der Waals surface area contributed by atoms with Crippen molar-refractivity contribution >= 4 is 33.3 Å². The first-order valence-electron chi connectivity index (χ1n) is 4.87.